The molecule has 5 rings (SSSR count). The van der Waals surface area contributed by atoms with E-state index in [9.17, 15) is 4.79 Å². The summed E-state index contributed by atoms with van der Waals surface area (Å²) in [6.07, 6.45) is 3.54. The SMILES string of the molecule is Cc1nnc2n1-c1ccc(-c3cnn(CC(N)=O)c3)cc1C(c1ccc(Cl)cc1)=N[C@H]2CO[Si](C)(C)C(C)(C)C. The highest BCUT2D eigenvalue weighted by Crippen LogP contribution is 2.39. The maximum atomic E-state index is 11.4. The number of nitrogens with zero attached hydrogens (tertiary/aromatic N) is 6. The number of fused-ring (bicyclic) bond motifs is 3. The fraction of sp³-hybridized carbons (Fsp3) is 0.345. The van der Waals surface area contributed by atoms with Crippen molar-refractivity contribution in [2.45, 2.75) is 58.4 Å². The van der Waals surface area contributed by atoms with Gasteiger partial charge in [-0.05, 0) is 54.9 Å². The maximum absolute atomic E-state index is 11.4. The third-order valence-electron chi connectivity index (χ3n) is 7.74. The van der Waals surface area contributed by atoms with E-state index in [4.69, 9.17) is 26.8 Å². The van der Waals surface area contributed by atoms with Gasteiger partial charge in [0.05, 0.1) is 24.2 Å². The molecule has 1 atom stereocenters. The quantitative estimate of drug-likeness (QED) is 0.293. The number of carbonyl (C=O) groups is 1. The normalized spacial score (nSPS) is 15.3. The summed E-state index contributed by atoms with van der Waals surface area (Å²) in [5, 5.41) is 14.0. The highest BCUT2D eigenvalue weighted by Gasteiger charge is 2.39. The first-order chi connectivity index (χ1) is 18.8. The second-order valence-electron chi connectivity index (χ2n) is 11.6. The van der Waals surface area contributed by atoms with Gasteiger partial charge in [0.2, 0.25) is 5.91 Å². The van der Waals surface area contributed by atoms with E-state index in [0.717, 1.165) is 45.3 Å². The smallest absolute Gasteiger partial charge is 0.239 e. The van der Waals surface area contributed by atoms with Gasteiger partial charge in [-0.1, -0.05) is 50.6 Å². The van der Waals surface area contributed by atoms with Crippen molar-refractivity contribution >= 4 is 31.5 Å². The first kappa shape index (κ1) is 27.9. The van der Waals surface area contributed by atoms with Crippen LogP contribution in [0.3, 0.4) is 0 Å². The zero-order valence-corrected chi connectivity index (χ0v) is 25.4. The van der Waals surface area contributed by atoms with E-state index in [1.54, 1.807) is 6.20 Å². The number of hydrogen-bond acceptors (Lipinski definition) is 6. The Labute approximate surface area is 240 Å². The fourth-order valence-corrected chi connectivity index (χ4v) is 5.62. The molecule has 40 heavy (non-hydrogen) atoms. The second-order valence-corrected chi connectivity index (χ2v) is 16.9. The van der Waals surface area contributed by atoms with Crippen molar-refractivity contribution in [3.8, 4) is 16.8 Å². The van der Waals surface area contributed by atoms with Gasteiger partial charge in [0.1, 0.15) is 18.4 Å². The Morgan fingerprint density at radius 1 is 1.07 bits per heavy atom. The van der Waals surface area contributed by atoms with E-state index >= 15 is 0 Å². The highest BCUT2D eigenvalue weighted by molar-refractivity contribution is 6.74. The molecule has 0 fully saturated rings. The van der Waals surface area contributed by atoms with Crippen LogP contribution in [0.4, 0.5) is 0 Å². The van der Waals surface area contributed by atoms with Crippen LogP contribution in [-0.2, 0) is 15.8 Å². The van der Waals surface area contributed by atoms with E-state index < -0.39 is 14.2 Å². The summed E-state index contributed by atoms with van der Waals surface area (Å²) >= 11 is 6.25. The molecule has 0 saturated carbocycles. The minimum Gasteiger partial charge on any atom is -0.414 e. The lowest BCUT2D eigenvalue weighted by molar-refractivity contribution is -0.118. The summed E-state index contributed by atoms with van der Waals surface area (Å²) in [5.41, 5.74) is 10.7. The molecule has 0 unspecified atom stereocenters. The Morgan fingerprint density at radius 3 is 2.45 bits per heavy atom. The summed E-state index contributed by atoms with van der Waals surface area (Å²) in [6, 6.07) is 13.5. The number of halogens is 1. The van der Waals surface area contributed by atoms with Gasteiger partial charge in [0.15, 0.2) is 14.1 Å². The zero-order chi connectivity index (χ0) is 28.8. The monoisotopic (exact) mass is 575 g/mol. The summed E-state index contributed by atoms with van der Waals surface area (Å²) in [4.78, 5) is 16.7. The van der Waals surface area contributed by atoms with Crippen molar-refractivity contribution in [3.05, 3.63) is 82.7 Å². The van der Waals surface area contributed by atoms with Gasteiger partial charge < -0.3 is 10.2 Å². The van der Waals surface area contributed by atoms with Crippen LogP contribution in [0, 0.1) is 6.92 Å². The van der Waals surface area contributed by atoms with Crippen LogP contribution in [0.2, 0.25) is 23.2 Å². The zero-order valence-electron chi connectivity index (χ0n) is 23.6. The maximum Gasteiger partial charge on any atom is 0.239 e. The Morgan fingerprint density at radius 2 is 1.77 bits per heavy atom. The molecule has 0 radical (unpaired) electrons. The average Bonchev–Trinajstić information content (AvgIpc) is 3.47. The molecule has 11 heteroatoms. The third-order valence-corrected chi connectivity index (χ3v) is 12.5. The Balaban J connectivity index is 1.67. The number of nitrogens with two attached hydrogens (primary N) is 1. The van der Waals surface area contributed by atoms with Crippen molar-refractivity contribution in [2.24, 2.45) is 10.7 Å². The number of carbonyl (C=O) groups excluding carboxylic acids is 1. The summed E-state index contributed by atoms with van der Waals surface area (Å²) in [7, 11) is -2.06. The fourth-order valence-electron chi connectivity index (χ4n) is 4.49. The van der Waals surface area contributed by atoms with Gasteiger partial charge in [-0.25, -0.2) is 0 Å². The molecule has 1 aliphatic rings. The summed E-state index contributed by atoms with van der Waals surface area (Å²) in [5.74, 6) is 1.06. The summed E-state index contributed by atoms with van der Waals surface area (Å²) in [6.45, 7) is 13.5. The molecule has 0 spiro atoms. The van der Waals surface area contributed by atoms with Gasteiger partial charge >= 0.3 is 0 Å². The van der Waals surface area contributed by atoms with Crippen molar-refractivity contribution in [1.29, 1.82) is 0 Å². The van der Waals surface area contributed by atoms with Gasteiger partial charge in [0, 0.05) is 27.9 Å². The molecule has 0 bridgehead atoms. The van der Waals surface area contributed by atoms with Crippen LogP contribution in [0.25, 0.3) is 16.8 Å². The van der Waals surface area contributed by atoms with E-state index in [0.29, 0.717) is 11.6 Å². The number of primary amides is 1. The minimum absolute atomic E-state index is 0.0155. The molecule has 2 aromatic carbocycles. The predicted molar refractivity (Wildman–Crippen MR) is 159 cm³/mol. The minimum atomic E-state index is -2.06. The molecule has 2 aromatic heterocycles. The van der Waals surface area contributed by atoms with Crippen LogP contribution in [0.5, 0.6) is 0 Å². The summed E-state index contributed by atoms with van der Waals surface area (Å²) < 4.78 is 10.3. The molecule has 2 N–H and O–H groups in total. The van der Waals surface area contributed by atoms with Crippen molar-refractivity contribution in [2.75, 3.05) is 6.61 Å². The van der Waals surface area contributed by atoms with Gasteiger partial charge in [-0.2, -0.15) is 5.10 Å². The lowest BCUT2D eigenvalue weighted by Crippen LogP contribution is -2.41. The molecular formula is C29H34ClN7O2Si. The van der Waals surface area contributed by atoms with Crippen LogP contribution < -0.4 is 5.73 Å². The Bertz CT molecular complexity index is 1600. The molecule has 9 nitrogen and oxygen atoms in total. The van der Waals surface area contributed by atoms with Gasteiger partial charge in [-0.15, -0.1) is 10.2 Å². The highest BCUT2D eigenvalue weighted by atomic mass is 35.5. The molecule has 4 aromatic rings. The van der Waals surface area contributed by atoms with Crippen LogP contribution in [0.15, 0.2) is 59.9 Å². The van der Waals surface area contributed by atoms with E-state index in [-0.39, 0.29) is 17.6 Å². The molecule has 3 heterocycles. The average molecular weight is 576 g/mol. The van der Waals surface area contributed by atoms with Crippen molar-refractivity contribution < 1.29 is 9.22 Å². The number of hydrogen-bond donors (Lipinski definition) is 1. The molecular weight excluding hydrogens is 542 g/mol. The first-order valence-electron chi connectivity index (χ1n) is 13.2. The Hall–Kier alpha value is -3.60. The molecule has 0 aliphatic carbocycles. The largest absolute Gasteiger partial charge is 0.414 e. The number of amides is 1. The predicted octanol–water partition coefficient (Wildman–Crippen LogP) is 5.49. The standard InChI is InChI=1S/C29H34ClN7O2Si/c1-18-34-35-28-24(17-39-40(5,6)29(2,3)4)33-27(19-7-10-22(30)11-8-19)23-13-20(9-12-25(23)37(18)28)21-14-32-36(15-21)16-26(31)38/h7-15,24H,16-17H2,1-6H3,(H2,31,38)/t24-/m0/s1. The third kappa shape index (κ3) is 5.39. The lowest BCUT2D eigenvalue weighted by atomic mass is 9.96. The van der Waals surface area contributed by atoms with Crippen molar-refractivity contribution in [1.82, 2.24) is 24.5 Å². The molecule has 208 valence electrons. The number of benzene rings is 2. The first-order valence-corrected chi connectivity index (χ1v) is 16.5. The number of aromatic nitrogens is 5. The van der Waals surface area contributed by atoms with Crippen LogP contribution in [0.1, 0.15) is 49.6 Å². The number of rotatable bonds is 7. The molecule has 1 amide bonds. The number of aliphatic imine (C=N–C) groups is 1. The van der Waals surface area contributed by atoms with E-state index in [1.165, 1.54) is 4.68 Å². The number of aryl methyl sites for hydroxylation is 1. The lowest BCUT2D eigenvalue weighted by Gasteiger charge is -2.36. The molecule has 1 aliphatic heterocycles. The van der Waals surface area contributed by atoms with Gasteiger partial charge in [0.25, 0.3) is 0 Å². The second kappa shape index (κ2) is 10.4. The van der Waals surface area contributed by atoms with Crippen LogP contribution >= 0.6 is 11.6 Å². The van der Waals surface area contributed by atoms with E-state index in [2.05, 4.69) is 65.9 Å². The molecule has 0 saturated heterocycles. The van der Waals surface area contributed by atoms with Crippen molar-refractivity contribution in [3.63, 3.8) is 0 Å². The Kier molecular flexibility index (Phi) is 7.28. The topological polar surface area (TPSA) is 113 Å². The van der Waals surface area contributed by atoms with Crippen LogP contribution in [-0.4, -0.2) is 51.1 Å². The van der Waals surface area contributed by atoms with Gasteiger partial charge in [-0.3, -0.25) is 19.0 Å². The van der Waals surface area contributed by atoms with E-state index in [1.807, 2.05) is 43.5 Å².